The van der Waals surface area contributed by atoms with Crippen molar-refractivity contribution in [2.45, 2.75) is 42.5 Å². The zero-order chi connectivity index (χ0) is 34.7. The third kappa shape index (κ3) is 8.61. The smallest absolute Gasteiger partial charge is 0.266 e. The van der Waals surface area contributed by atoms with Crippen LogP contribution in [0.25, 0.3) is 10.4 Å². The standard InChI is InChI=1S/C35H35FN6O6S/c36-28-15-11-25(12-16-28)23-38-41-34(44)35(19-22-49(45,46)30-8-2-1-3-9-30)32(31-10-5-4-7-27(31)24-39-42-37)48-33(40-35)26-13-17-29(18-14-26)47-21-6-20-43/h1-5,7-18,32,38,43H,6,19-24H2,(H,41,44)/t32-,35-/m0/s1. The van der Waals surface area contributed by atoms with Crippen molar-refractivity contribution in [3.8, 4) is 5.75 Å². The van der Waals surface area contributed by atoms with Crippen LogP contribution in [0.15, 0.2) is 118 Å². The minimum absolute atomic E-state index is 0.00579. The van der Waals surface area contributed by atoms with E-state index in [9.17, 15) is 17.6 Å². The van der Waals surface area contributed by atoms with E-state index in [1.807, 2.05) is 0 Å². The second-order valence-electron chi connectivity index (χ2n) is 11.2. The minimum atomic E-state index is -3.88. The summed E-state index contributed by atoms with van der Waals surface area (Å²) in [5.41, 5.74) is 15.0. The number of ether oxygens (including phenoxy) is 2. The topological polar surface area (TPSA) is 175 Å². The maximum atomic E-state index is 14.4. The highest BCUT2D eigenvalue weighted by atomic mass is 32.2. The van der Waals surface area contributed by atoms with Gasteiger partial charge in [-0.15, -0.1) is 0 Å². The molecule has 0 aromatic heterocycles. The van der Waals surface area contributed by atoms with Gasteiger partial charge in [0.1, 0.15) is 11.6 Å². The number of carbonyl (C=O) groups is 1. The molecule has 1 aliphatic rings. The molecule has 4 aromatic carbocycles. The number of benzene rings is 4. The van der Waals surface area contributed by atoms with Crippen LogP contribution in [0.3, 0.4) is 0 Å². The number of aliphatic hydroxyl groups excluding tert-OH is 1. The lowest BCUT2D eigenvalue weighted by Crippen LogP contribution is -2.53. The van der Waals surface area contributed by atoms with Gasteiger partial charge in [-0.3, -0.25) is 10.2 Å². The summed E-state index contributed by atoms with van der Waals surface area (Å²) in [7, 11) is -3.88. The molecule has 1 amide bonds. The van der Waals surface area contributed by atoms with E-state index in [-0.39, 0.29) is 36.9 Å². The summed E-state index contributed by atoms with van der Waals surface area (Å²) >= 11 is 0. The Morgan fingerprint density at radius 2 is 1.73 bits per heavy atom. The molecule has 1 aliphatic heterocycles. The Morgan fingerprint density at radius 1 is 1.02 bits per heavy atom. The van der Waals surface area contributed by atoms with Crippen molar-refractivity contribution in [3.05, 3.63) is 142 Å². The fraction of sp³-hybridized carbons (Fsp3) is 0.257. The summed E-state index contributed by atoms with van der Waals surface area (Å²) in [6, 6.07) is 27.4. The van der Waals surface area contributed by atoms with Gasteiger partial charge in [0.15, 0.2) is 21.5 Å². The summed E-state index contributed by atoms with van der Waals surface area (Å²) in [5, 5.41) is 12.8. The molecule has 49 heavy (non-hydrogen) atoms. The van der Waals surface area contributed by atoms with Gasteiger partial charge in [0.2, 0.25) is 5.90 Å². The van der Waals surface area contributed by atoms with Gasteiger partial charge in [-0.2, -0.15) is 0 Å². The number of nitrogens with one attached hydrogen (secondary N) is 2. The van der Waals surface area contributed by atoms with Crippen LogP contribution in [-0.2, 0) is 32.5 Å². The minimum Gasteiger partial charge on any atom is -0.494 e. The number of halogens is 1. The van der Waals surface area contributed by atoms with Gasteiger partial charge in [0.25, 0.3) is 5.91 Å². The van der Waals surface area contributed by atoms with Crippen LogP contribution in [0.4, 0.5) is 4.39 Å². The van der Waals surface area contributed by atoms with Crippen LogP contribution in [0, 0.1) is 5.82 Å². The molecule has 0 bridgehead atoms. The first-order valence-corrected chi connectivity index (χ1v) is 17.2. The molecule has 0 spiro atoms. The van der Waals surface area contributed by atoms with E-state index in [2.05, 4.69) is 20.9 Å². The highest BCUT2D eigenvalue weighted by Crippen LogP contribution is 2.44. The largest absolute Gasteiger partial charge is 0.494 e. The molecule has 0 unspecified atom stereocenters. The monoisotopic (exact) mass is 686 g/mol. The van der Waals surface area contributed by atoms with E-state index in [1.165, 1.54) is 24.3 Å². The SMILES string of the molecule is [N-]=[N+]=NCc1ccccc1[C@@H]1OC(c2ccc(OCCCO)cc2)=N[C@]1(CCS(=O)(=O)c1ccccc1)C(=O)NNCc1ccc(F)cc1. The molecule has 3 N–H and O–H groups in total. The van der Waals surface area contributed by atoms with E-state index in [4.69, 9.17) is 25.1 Å². The molecule has 0 fully saturated rings. The van der Waals surface area contributed by atoms with Crippen LogP contribution >= 0.6 is 0 Å². The maximum absolute atomic E-state index is 14.4. The third-order valence-corrected chi connectivity index (χ3v) is 9.67. The fourth-order valence-electron chi connectivity index (χ4n) is 5.36. The molecule has 4 aromatic rings. The Balaban J connectivity index is 1.56. The van der Waals surface area contributed by atoms with E-state index in [1.54, 1.807) is 78.9 Å². The maximum Gasteiger partial charge on any atom is 0.266 e. The molecule has 0 radical (unpaired) electrons. The zero-order valence-corrected chi connectivity index (χ0v) is 27.2. The Kier molecular flexibility index (Phi) is 11.6. The predicted molar refractivity (Wildman–Crippen MR) is 181 cm³/mol. The molecular weight excluding hydrogens is 651 g/mol. The third-order valence-electron chi connectivity index (χ3n) is 7.93. The zero-order valence-electron chi connectivity index (χ0n) is 26.4. The van der Waals surface area contributed by atoms with Crippen LogP contribution in [0.5, 0.6) is 5.75 Å². The van der Waals surface area contributed by atoms with Crippen LogP contribution in [0.1, 0.15) is 41.2 Å². The van der Waals surface area contributed by atoms with Gasteiger partial charge in [-0.25, -0.2) is 23.2 Å². The van der Waals surface area contributed by atoms with Gasteiger partial charge in [-0.05, 0) is 70.8 Å². The normalized spacial score (nSPS) is 17.0. The van der Waals surface area contributed by atoms with E-state index in [0.29, 0.717) is 41.0 Å². The molecule has 0 aliphatic carbocycles. The van der Waals surface area contributed by atoms with Crippen molar-refractivity contribution in [2.24, 2.45) is 10.1 Å². The number of nitrogens with zero attached hydrogens (tertiary/aromatic N) is 4. The number of hydrogen-bond donors (Lipinski definition) is 3. The number of aliphatic imine (C=N–C) groups is 1. The van der Waals surface area contributed by atoms with Crippen molar-refractivity contribution in [1.29, 1.82) is 0 Å². The summed E-state index contributed by atoms with van der Waals surface area (Å²) in [5.74, 6) is -0.870. The van der Waals surface area contributed by atoms with Gasteiger partial charge in [-0.1, -0.05) is 59.7 Å². The molecule has 0 saturated heterocycles. The van der Waals surface area contributed by atoms with Crippen molar-refractivity contribution in [2.75, 3.05) is 19.0 Å². The Morgan fingerprint density at radius 3 is 2.45 bits per heavy atom. The number of hydrazine groups is 1. The molecule has 14 heteroatoms. The van der Waals surface area contributed by atoms with Crippen molar-refractivity contribution < 1.29 is 32.2 Å². The Bertz CT molecular complexity index is 1920. The first kappa shape index (κ1) is 35.0. The average molecular weight is 687 g/mol. The number of azide groups is 1. The molecule has 254 valence electrons. The molecule has 1 heterocycles. The second kappa shape index (κ2) is 16.2. The molecule has 5 rings (SSSR count). The number of rotatable bonds is 16. The van der Waals surface area contributed by atoms with Gasteiger partial charge in [0.05, 0.1) is 23.8 Å². The van der Waals surface area contributed by atoms with Crippen molar-refractivity contribution in [3.63, 3.8) is 0 Å². The van der Waals surface area contributed by atoms with Gasteiger partial charge < -0.3 is 14.6 Å². The molecule has 2 atom stereocenters. The van der Waals surface area contributed by atoms with E-state index < -0.39 is 39.0 Å². The molecule has 12 nitrogen and oxygen atoms in total. The fourth-order valence-corrected chi connectivity index (χ4v) is 6.75. The highest BCUT2D eigenvalue weighted by Gasteiger charge is 2.54. The lowest BCUT2D eigenvalue weighted by atomic mass is 9.83. The van der Waals surface area contributed by atoms with Crippen LogP contribution < -0.4 is 15.6 Å². The lowest BCUT2D eigenvalue weighted by molar-refractivity contribution is -0.130. The Labute approximate surface area is 283 Å². The summed E-state index contributed by atoms with van der Waals surface area (Å²) < 4.78 is 52.8. The number of aliphatic hydroxyl groups is 1. The summed E-state index contributed by atoms with van der Waals surface area (Å²) in [6.07, 6.45) is -0.944. The molecular formula is C35H35FN6O6S. The quantitative estimate of drug-likeness (QED) is 0.0469. The first-order chi connectivity index (χ1) is 23.8. The van der Waals surface area contributed by atoms with Crippen molar-refractivity contribution >= 4 is 21.6 Å². The predicted octanol–water partition coefficient (Wildman–Crippen LogP) is 5.34. The van der Waals surface area contributed by atoms with E-state index >= 15 is 0 Å². The van der Waals surface area contributed by atoms with E-state index in [0.717, 1.165) is 0 Å². The van der Waals surface area contributed by atoms with Gasteiger partial charge >= 0.3 is 0 Å². The Hall–Kier alpha value is -5.27. The number of sulfone groups is 1. The van der Waals surface area contributed by atoms with Crippen LogP contribution in [0.2, 0.25) is 0 Å². The molecule has 0 saturated carbocycles. The number of carbonyl (C=O) groups excluding carboxylic acids is 1. The lowest BCUT2D eigenvalue weighted by Gasteiger charge is -2.31. The average Bonchev–Trinajstić information content (AvgIpc) is 3.52. The highest BCUT2D eigenvalue weighted by molar-refractivity contribution is 7.91. The number of hydrogen-bond acceptors (Lipinski definition) is 9. The summed E-state index contributed by atoms with van der Waals surface area (Å²) in [6.45, 7) is 0.401. The second-order valence-corrected chi connectivity index (χ2v) is 13.3. The summed E-state index contributed by atoms with van der Waals surface area (Å²) in [4.78, 5) is 22.3. The van der Waals surface area contributed by atoms with Gasteiger partial charge in [0, 0.05) is 36.5 Å². The van der Waals surface area contributed by atoms with Crippen LogP contribution in [-0.4, -0.2) is 49.8 Å². The number of amides is 1. The first-order valence-electron chi connectivity index (χ1n) is 15.5. The van der Waals surface area contributed by atoms with Crippen molar-refractivity contribution in [1.82, 2.24) is 10.9 Å².